The van der Waals surface area contributed by atoms with E-state index < -0.39 is 5.97 Å². The molecule has 0 spiro atoms. The monoisotopic (exact) mass is 294 g/mol. The molecule has 0 aliphatic carbocycles. The standard InChI is InChI=1S/C14H15FN2O2S/c1-3-11-7-13(20-8-14(18)19)17(16-11)12-5-4-10(15)6-9(12)2/h4-7H,3,8H2,1-2H3,(H,18,19). The largest absolute Gasteiger partial charge is 0.481 e. The van der Waals surface area contributed by atoms with Gasteiger partial charge in [-0.25, -0.2) is 9.07 Å². The molecular formula is C14H15FN2O2S. The molecule has 1 aromatic carbocycles. The van der Waals surface area contributed by atoms with Gasteiger partial charge in [0.1, 0.15) is 10.8 Å². The molecule has 6 heteroatoms. The van der Waals surface area contributed by atoms with Gasteiger partial charge in [-0.05, 0) is 43.2 Å². The van der Waals surface area contributed by atoms with Crippen molar-refractivity contribution < 1.29 is 14.3 Å². The molecule has 0 saturated carbocycles. The summed E-state index contributed by atoms with van der Waals surface area (Å²) >= 11 is 1.21. The van der Waals surface area contributed by atoms with Gasteiger partial charge in [0.2, 0.25) is 0 Å². The molecule has 0 fully saturated rings. The molecule has 2 aromatic rings. The first kappa shape index (κ1) is 14.6. The number of thioether (sulfide) groups is 1. The van der Waals surface area contributed by atoms with E-state index >= 15 is 0 Å². The van der Waals surface area contributed by atoms with Crippen molar-refractivity contribution in [2.75, 3.05) is 5.75 Å². The number of carbonyl (C=O) groups is 1. The van der Waals surface area contributed by atoms with Crippen molar-refractivity contribution in [1.29, 1.82) is 0 Å². The maximum absolute atomic E-state index is 13.2. The van der Waals surface area contributed by atoms with Gasteiger partial charge < -0.3 is 5.11 Å². The second-order valence-corrected chi connectivity index (χ2v) is 5.35. The molecule has 0 atom stereocenters. The van der Waals surface area contributed by atoms with Crippen LogP contribution in [-0.2, 0) is 11.2 Å². The van der Waals surface area contributed by atoms with E-state index in [9.17, 15) is 9.18 Å². The lowest BCUT2D eigenvalue weighted by molar-refractivity contribution is -0.133. The zero-order valence-corrected chi connectivity index (χ0v) is 12.1. The van der Waals surface area contributed by atoms with Crippen LogP contribution in [0.2, 0.25) is 0 Å². The number of carboxylic acids is 1. The van der Waals surface area contributed by atoms with Crippen LogP contribution >= 0.6 is 11.8 Å². The van der Waals surface area contributed by atoms with Crippen LogP contribution in [0, 0.1) is 12.7 Å². The number of hydrogen-bond donors (Lipinski definition) is 1. The number of halogens is 1. The summed E-state index contributed by atoms with van der Waals surface area (Å²) in [6.07, 6.45) is 0.758. The molecule has 0 radical (unpaired) electrons. The average molecular weight is 294 g/mol. The van der Waals surface area contributed by atoms with Gasteiger partial charge in [0, 0.05) is 0 Å². The van der Waals surface area contributed by atoms with Crippen molar-refractivity contribution in [2.45, 2.75) is 25.3 Å². The Morgan fingerprint density at radius 3 is 2.80 bits per heavy atom. The van der Waals surface area contributed by atoms with Crippen LogP contribution in [0.25, 0.3) is 5.69 Å². The molecule has 0 bridgehead atoms. The maximum Gasteiger partial charge on any atom is 0.313 e. The summed E-state index contributed by atoms with van der Waals surface area (Å²) in [7, 11) is 0. The summed E-state index contributed by atoms with van der Waals surface area (Å²) in [5.74, 6) is -1.21. The molecule has 0 amide bonds. The Morgan fingerprint density at radius 1 is 1.45 bits per heavy atom. The van der Waals surface area contributed by atoms with E-state index in [4.69, 9.17) is 5.11 Å². The zero-order chi connectivity index (χ0) is 14.7. The Kier molecular flexibility index (Phi) is 4.44. The molecule has 0 saturated heterocycles. The highest BCUT2D eigenvalue weighted by atomic mass is 32.2. The Bertz CT molecular complexity index is 640. The first-order chi connectivity index (χ1) is 9.51. The van der Waals surface area contributed by atoms with E-state index in [2.05, 4.69) is 5.10 Å². The molecule has 4 nitrogen and oxygen atoms in total. The number of carboxylic acid groups (broad SMARTS) is 1. The van der Waals surface area contributed by atoms with Gasteiger partial charge in [0.25, 0.3) is 0 Å². The fraction of sp³-hybridized carbons (Fsp3) is 0.286. The summed E-state index contributed by atoms with van der Waals surface area (Å²) < 4.78 is 14.9. The van der Waals surface area contributed by atoms with Gasteiger partial charge in [-0.1, -0.05) is 18.7 Å². The number of aliphatic carboxylic acids is 1. The van der Waals surface area contributed by atoms with Crippen molar-refractivity contribution in [3.05, 3.63) is 41.3 Å². The Labute approximate surface area is 120 Å². The molecule has 0 unspecified atom stereocenters. The Morgan fingerprint density at radius 2 is 2.20 bits per heavy atom. The summed E-state index contributed by atoms with van der Waals surface area (Å²) in [5.41, 5.74) is 2.40. The minimum absolute atomic E-state index is 0.0326. The predicted octanol–water partition coefficient (Wildman–Crippen LogP) is 3.06. The van der Waals surface area contributed by atoms with Crippen LogP contribution in [-0.4, -0.2) is 26.6 Å². The number of hydrogen-bond acceptors (Lipinski definition) is 3. The van der Waals surface area contributed by atoms with Crippen molar-refractivity contribution in [2.24, 2.45) is 0 Å². The minimum Gasteiger partial charge on any atom is -0.481 e. The second-order valence-electron chi connectivity index (χ2n) is 4.35. The summed E-state index contributed by atoms with van der Waals surface area (Å²) in [5, 5.41) is 14.0. The maximum atomic E-state index is 13.2. The smallest absolute Gasteiger partial charge is 0.313 e. The van der Waals surface area contributed by atoms with Crippen LogP contribution < -0.4 is 0 Å². The molecule has 1 aromatic heterocycles. The third-order valence-electron chi connectivity index (χ3n) is 2.82. The molecule has 0 aliphatic rings. The van der Waals surface area contributed by atoms with Gasteiger partial charge in [-0.3, -0.25) is 4.79 Å². The van der Waals surface area contributed by atoms with Gasteiger partial charge in [-0.15, -0.1) is 0 Å². The summed E-state index contributed by atoms with van der Waals surface area (Å²) in [4.78, 5) is 10.7. The van der Waals surface area contributed by atoms with Crippen molar-refractivity contribution in [1.82, 2.24) is 9.78 Å². The lowest BCUT2D eigenvalue weighted by atomic mass is 10.2. The normalized spacial score (nSPS) is 10.8. The fourth-order valence-electron chi connectivity index (χ4n) is 1.85. The molecule has 0 aliphatic heterocycles. The quantitative estimate of drug-likeness (QED) is 0.861. The SMILES string of the molecule is CCc1cc(SCC(=O)O)n(-c2ccc(F)cc2C)n1. The lowest BCUT2D eigenvalue weighted by Gasteiger charge is -2.09. The first-order valence-electron chi connectivity index (χ1n) is 6.21. The van der Waals surface area contributed by atoms with Crippen LogP contribution in [0.5, 0.6) is 0 Å². The number of benzene rings is 1. The molecule has 2 rings (SSSR count). The number of nitrogens with zero attached hydrogens (tertiary/aromatic N) is 2. The highest BCUT2D eigenvalue weighted by molar-refractivity contribution is 7.99. The molecular weight excluding hydrogens is 279 g/mol. The van der Waals surface area contributed by atoms with Crippen LogP contribution in [0.1, 0.15) is 18.2 Å². The fourth-order valence-corrected chi connectivity index (χ4v) is 2.60. The third-order valence-corrected chi connectivity index (χ3v) is 3.80. The highest BCUT2D eigenvalue weighted by Gasteiger charge is 2.13. The molecule has 1 heterocycles. The summed E-state index contributed by atoms with van der Waals surface area (Å²) in [6.45, 7) is 3.78. The van der Waals surface area contributed by atoms with E-state index in [-0.39, 0.29) is 11.6 Å². The molecule has 20 heavy (non-hydrogen) atoms. The number of rotatable bonds is 5. The van der Waals surface area contributed by atoms with Crippen molar-refractivity contribution in [3.8, 4) is 5.69 Å². The Balaban J connectivity index is 2.43. The lowest BCUT2D eigenvalue weighted by Crippen LogP contribution is -2.04. The molecule has 106 valence electrons. The highest BCUT2D eigenvalue weighted by Crippen LogP contribution is 2.25. The van der Waals surface area contributed by atoms with Gasteiger partial charge in [0.15, 0.2) is 0 Å². The van der Waals surface area contributed by atoms with Gasteiger partial charge in [-0.2, -0.15) is 5.10 Å². The first-order valence-corrected chi connectivity index (χ1v) is 7.20. The Hall–Kier alpha value is -1.82. The van der Waals surface area contributed by atoms with Crippen LogP contribution in [0.4, 0.5) is 4.39 Å². The summed E-state index contributed by atoms with van der Waals surface area (Å²) in [6, 6.07) is 6.34. The van der Waals surface area contributed by atoms with E-state index in [0.717, 1.165) is 28.4 Å². The van der Waals surface area contributed by atoms with E-state index in [0.29, 0.717) is 0 Å². The van der Waals surface area contributed by atoms with E-state index in [1.807, 2.05) is 13.0 Å². The topological polar surface area (TPSA) is 55.1 Å². The molecule has 1 N–H and O–H groups in total. The average Bonchev–Trinajstić information content (AvgIpc) is 2.79. The van der Waals surface area contributed by atoms with Crippen molar-refractivity contribution >= 4 is 17.7 Å². The number of aromatic nitrogens is 2. The van der Waals surface area contributed by atoms with E-state index in [1.54, 1.807) is 17.7 Å². The predicted molar refractivity (Wildman–Crippen MR) is 76.0 cm³/mol. The van der Waals surface area contributed by atoms with Gasteiger partial charge in [0.05, 0.1) is 17.1 Å². The van der Waals surface area contributed by atoms with Crippen molar-refractivity contribution in [3.63, 3.8) is 0 Å². The van der Waals surface area contributed by atoms with E-state index in [1.165, 1.54) is 23.9 Å². The van der Waals surface area contributed by atoms with Crippen LogP contribution in [0.15, 0.2) is 29.3 Å². The van der Waals surface area contributed by atoms with Crippen LogP contribution in [0.3, 0.4) is 0 Å². The minimum atomic E-state index is -0.878. The number of aryl methyl sites for hydroxylation is 2. The van der Waals surface area contributed by atoms with Gasteiger partial charge >= 0.3 is 5.97 Å². The zero-order valence-electron chi connectivity index (χ0n) is 11.3. The third kappa shape index (κ3) is 3.19. The second kappa shape index (κ2) is 6.09.